The highest BCUT2D eigenvalue weighted by atomic mass is 35.5. The predicted molar refractivity (Wildman–Crippen MR) is 115 cm³/mol. The maximum Gasteiger partial charge on any atom is 0.256 e. The highest BCUT2D eigenvalue weighted by molar-refractivity contribution is 6.30. The lowest BCUT2D eigenvalue weighted by Gasteiger charge is -2.27. The zero-order valence-corrected chi connectivity index (χ0v) is 17.1. The van der Waals surface area contributed by atoms with E-state index in [2.05, 4.69) is 22.2 Å². The molecule has 156 valence electrons. The van der Waals surface area contributed by atoms with Crippen LogP contribution in [0.5, 0.6) is 0 Å². The van der Waals surface area contributed by atoms with Crippen molar-refractivity contribution in [3.05, 3.63) is 35.1 Å². The normalized spacial score (nSPS) is 20.1. The second kappa shape index (κ2) is 9.39. The molecule has 3 rings (SSSR count). The molecule has 1 aromatic heterocycles. The number of aromatic nitrogens is 2. The van der Waals surface area contributed by atoms with Crippen LogP contribution < -0.4 is 16.8 Å². The third-order valence-corrected chi connectivity index (χ3v) is 5.41. The Kier molecular flexibility index (Phi) is 6.89. The fraction of sp³-hybridized carbons (Fsp3) is 0.450. The van der Waals surface area contributed by atoms with Crippen molar-refractivity contribution in [2.75, 3.05) is 17.6 Å². The third-order valence-electron chi connectivity index (χ3n) is 5.18. The van der Waals surface area contributed by atoms with Gasteiger partial charge >= 0.3 is 0 Å². The van der Waals surface area contributed by atoms with Crippen molar-refractivity contribution >= 4 is 29.0 Å². The highest BCUT2D eigenvalue weighted by Crippen LogP contribution is 2.33. The van der Waals surface area contributed by atoms with Crippen LogP contribution in [0.15, 0.2) is 24.3 Å². The first kappa shape index (κ1) is 21.3. The molecule has 29 heavy (non-hydrogen) atoms. The first-order valence-corrected chi connectivity index (χ1v) is 10.1. The van der Waals surface area contributed by atoms with E-state index in [0.717, 1.165) is 18.0 Å². The number of nitrogens with one attached hydrogen (secondary N) is 2. The molecule has 0 aliphatic heterocycles. The van der Waals surface area contributed by atoms with Crippen LogP contribution in [-0.4, -0.2) is 33.9 Å². The summed E-state index contributed by atoms with van der Waals surface area (Å²) in [7, 11) is 0. The van der Waals surface area contributed by atoms with Crippen molar-refractivity contribution in [1.29, 1.82) is 5.41 Å². The fourth-order valence-corrected chi connectivity index (χ4v) is 3.74. The van der Waals surface area contributed by atoms with Crippen molar-refractivity contribution < 1.29 is 9.84 Å². The van der Waals surface area contributed by atoms with E-state index in [1.807, 2.05) is 12.1 Å². The number of benzene rings is 1. The Bertz CT molecular complexity index is 868. The van der Waals surface area contributed by atoms with Crippen LogP contribution in [0.3, 0.4) is 0 Å². The zero-order chi connectivity index (χ0) is 21.0. The lowest BCUT2D eigenvalue weighted by molar-refractivity contribution is -0.0217. The molecule has 1 fully saturated rings. The van der Waals surface area contributed by atoms with Crippen LogP contribution in [-0.2, 0) is 4.74 Å². The van der Waals surface area contributed by atoms with Gasteiger partial charge in [-0.3, -0.25) is 11.1 Å². The van der Waals surface area contributed by atoms with Crippen LogP contribution >= 0.6 is 11.6 Å². The van der Waals surface area contributed by atoms with Gasteiger partial charge in [-0.1, -0.05) is 43.5 Å². The topological polar surface area (TPSA) is 143 Å². The second-order valence-electron chi connectivity index (χ2n) is 7.51. The van der Waals surface area contributed by atoms with E-state index in [9.17, 15) is 5.11 Å². The number of nitrogens with two attached hydrogens (primary N) is 2. The number of ether oxygens (including phenoxy) is 1. The maximum absolute atomic E-state index is 9.18. The van der Waals surface area contributed by atoms with E-state index in [0.29, 0.717) is 22.3 Å². The van der Waals surface area contributed by atoms with Gasteiger partial charge in [0.15, 0.2) is 5.82 Å². The second-order valence-corrected chi connectivity index (χ2v) is 7.95. The lowest BCUT2D eigenvalue weighted by atomic mass is 9.83. The number of hydrogen-bond donors (Lipinski definition) is 5. The molecule has 1 aliphatic carbocycles. The predicted octanol–water partition coefficient (Wildman–Crippen LogP) is 3.19. The molecule has 1 atom stereocenters. The van der Waals surface area contributed by atoms with E-state index in [1.165, 1.54) is 25.7 Å². The zero-order valence-electron chi connectivity index (χ0n) is 16.4. The maximum atomic E-state index is 9.18. The molecule has 0 bridgehead atoms. The molecule has 0 amide bonds. The van der Waals surface area contributed by atoms with Gasteiger partial charge in [-0.15, -0.1) is 0 Å². The molecular weight excluding hydrogens is 392 g/mol. The van der Waals surface area contributed by atoms with Crippen molar-refractivity contribution in [2.45, 2.75) is 39.0 Å². The molecule has 1 heterocycles. The molecule has 2 aromatic rings. The van der Waals surface area contributed by atoms with Gasteiger partial charge in [-0.05, 0) is 36.8 Å². The summed E-state index contributed by atoms with van der Waals surface area (Å²) in [4.78, 5) is 8.61. The number of aliphatic hydroxyl groups is 1. The Hall–Kier alpha value is -2.42. The van der Waals surface area contributed by atoms with E-state index in [-0.39, 0.29) is 11.6 Å². The van der Waals surface area contributed by atoms with Gasteiger partial charge in [0.1, 0.15) is 5.69 Å². The minimum absolute atomic E-state index is 0.0704. The number of rotatable bonds is 6. The van der Waals surface area contributed by atoms with Gasteiger partial charge in [0, 0.05) is 17.1 Å². The average molecular weight is 419 g/mol. The summed E-state index contributed by atoms with van der Waals surface area (Å²) in [5, 5.41) is 21.1. The summed E-state index contributed by atoms with van der Waals surface area (Å²) in [5.41, 5.74) is 13.2. The minimum Gasteiger partial charge on any atom is -0.432 e. The van der Waals surface area contributed by atoms with Gasteiger partial charge in [0.2, 0.25) is 5.82 Å². The van der Waals surface area contributed by atoms with Gasteiger partial charge < -0.3 is 20.9 Å². The summed E-state index contributed by atoms with van der Waals surface area (Å²) < 4.78 is 4.80. The van der Waals surface area contributed by atoms with Crippen LogP contribution in [0.25, 0.3) is 11.3 Å². The summed E-state index contributed by atoms with van der Waals surface area (Å²) in [6.07, 6.45) is 3.16. The SMILES string of the molecule is C[C@H]1CC[C@H](CNc2c(N)nc(C(=N)OC(N)O)nc2-c2cccc(Cl)c2)CC1. The minimum atomic E-state index is -1.64. The quantitative estimate of drug-likeness (QED) is 0.275. The van der Waals surface area contributed by atoms with Crippen molar-refractivity contribution in [1.82, 2.24) is 9.97 Å². The number of hydrogen-bond acceptors (Lipinski definition) is 8. The standard InChI is InChI=1S/C20H27ClN6O2/c1-11-5-7-12(8-6-11)10-25-16-15(13-3-2-4-14(21)9-13)26-19(27-17(16)22)18(23)29-20(24)28/h2-4,9,11-12,20,23,25,28H,5-8,10,24H2,1H3,(H2,22,26,27)/t11-,12-,20?. The molecule has 1 unspecified atom stereocenters. The van der Waals surface area contributed by atoms with Crippen molar-refractivity contribution in [3.63, 3.8) is 0 Å². The van der Waals surface area contributed by atoms with Gasteiger partial charge in [-0.2, -0.15) is 0 Å². The van der Waals surface area contributed by atoms with Gasteiger partial charge in [-0.25, -0.2) is 9.97 Å². The molecule has 0 saturated heterocycles. The molecule has 8 nitrogen and oxygen atoms in total. The summed E-state index contributed by atoms with van der Waals surface area (Å²) >= 11 is 6.16. The Morgan fingerprint density at radius 3 is 2.72 bits per heavy atom. The fourth-order valence-electron chi connectivity index (χ4n) is 3.55. The first-order valence-electron chi connectivity index (χ1n) is 9.70. The Labute approximate surface area is 175 Å². The smallest absolute Gasteiger partial charge is 0.256 e. The third kappa shape index (κ3) is 5.56. The summed E-state index contributed by atoms with van der Waals surface area (Å²) in [6.45, 7) is 3.06. The largest absolute Gasteiger partial charge is 0.432 e. The lowest BCUT2D eigenvalue weighted by Crippen LogP contribution is -2.28. The molecule has 7 N–H and O–H groups in total. The molecule has 1 aliphatic rings. The number of anilines is 2. The first-order chi connectivity index (χ1) is 13.8. The van der Waals surface area contributed by atoms with Crippen molar-refractivity contribution in [2.24, 2.45) is 17.6 Å². The van der Waals surface area contributed by atoms with Crippen LogP contribution in [0.4, 0.5) is 11.5 Å². The van der Waals surface area contributed by atoms with Gasteiger partial charge in [0.25, 0.3) is 12.3 Å². The van der Waals surface area contributed by atoms with Crippen molar-refractivity contribution in [3.8, 4) is 11.3 Å². The van der Waals surface area contributed by atoms with Crippen LogP contribution in [0.2, 0.25) is 5.02 Å². The summed E-state index contributed by atoms with van der Waals surface area (Å²) in [5.74, 6) is 0.993. The number of aliphatic hydroxyl groups excluding tert-OH is 1. The van der Waals surface area contributed by atoms with Crippen LogP contribution in [0, 0.1) is 17.2 Å². The Morgan fingerprint density at radius 1 is 1.34 bits per heavy atom. The highest BCUT2D eigenvalue weighted by Gasteiger charge is 2.22. The summed E-state index contributed by atoms with van der Waals surface area (Å²) in [6, 6.07) is 7.20. The van der Waals surface area contributed by atoms with E-state index in [4.69, 9.17) is 33.2 Å². The average Bonchev–Trinajstić information content (AvgIpc) is 2.67. The Morgan fingerprint density at radius 2 is 2.07 bits per heavy atom. The van der Waals surface area contributed by atoms with E-state index >= 15 is 0 Å². The molecule has 9 heteroatoms. The number of nitrogens with zero attached hydrogens (tertiary/aromatic N) is 2. The molecule has 0 spiro atoms. The number of halogens is 1. The molecular formula is C20H27ClN6O2. The molecule has 1 aromatic carbocycles. The molecule has 1 saturated carbocycles. The monoisotopic (exact) mass is 418 g/mol. The Balaban J connectivity index is 1.92. The van der Waals surface area contributed by atoms with Crippen LogP contribution in [0.1, 0.15) is 38.4 Å². The van der Waals surface area contributed by atoms with E-state index < -0.39 is 12.3 Å². The molecule has 0 radical (unpaired) electrons. The van der Waals surface area contributed by atoms with Gasteiger partial charge in [0.05, 0.1) is 5.69 Å². The number of nitrogen functional groups attached to an aromatic ring is 1. The van der Waals surface area contributed by atoms with E-state index in [1.54, 1.807) is 12.1 Å².